The number of nitrogens with zero attached hydrogens (tertiary/aromatic N) is 4. The van der Waals surface area contributed by atoms with E-state index in [0.717, 1.165) is 11.3 Å². The first kappa shape index (κ1) is 16.2. The molecule has 6 nitrogen and oxygen atoms in total. The van der Waals surface area contributed by atoms with Crippen molar-refractivity contribution < 1.29 is 4.79 Å². The molecule has 2 heterocycles. The number of nitrogens with one attached hydrogen (secondary N) is 1. The van der Waals surface area contributed by atoms with Crippen LogP contribution in [-0.4, -0.2) is 25.9 Å². The van der Waals surface area contributed by atoms with Crippen LogP contribution in [0.4, 0.5) is 5.69 Å². The van der Waals surface area contributed by atoms with Gasteiger partial charge in [0.1, 0.15) is 5.52 Å². The monoisotopic (exact) mass is 363 g/mol. The fraction of sp³-hybridized carbons (Fsp3) is 0.0526. The topological polar surface area (TPSA) is 72.7 Å². The first-order valence-electron chi connectivity index (χ1n) is 7.97. The molecule has 26 heavy (non-hydrogen) atoms. The molecule has 1 N–H and O–H groups in total. The summed E-state index contributed by atoms with van der Waals surface area (Å²) < 4.78 is 1.64. The Morgan fingerprint density at radius 3 is 2.69 bits per heavy atom. The van der Waals surface area contributed by atoms with E-state index in [4.69, 9.17) is 11.6 Å². The van der Waals surface area contributed by atoms with Crippen LogP contribution in [0.25, 0.3) is 16.9 Å². The van der Waals surface area contributed by atoms with Gasteiger partial charge in [-0.1, -0.05) is 22.9 Å². The molecule has 2 aromatic carbocycles. The molecule has 128 valence electrons. The van der Waals surface area contributed by atoms with Crippen molar-refractivity contribution in [1.29, 1.82) is 0 Å². The van der Waals surface area contributed by atoms with Gasteiger partial charge in [0.05, 0.1) is 5.69 Å². The van der Waals surface area contributed by atoms with Crippen LogP contribution in [-0.2, 0) is 0 Å². The molecule has 0 unspecified atom stereocenters. The van der Waals surface area contributed by atoms with Crippen LogP contribution >= 0.6 is 11.6 Å². The van der Waals surface area contributed by atoms with E-state index >= 15 is 0 Å². The Bertz CT molecular complexity index is 1100. The maximum Gasteiger partial charge on any atom is 0.255 e. The van der Waals surface area contributed by atoms with Gasteiger partial charge in [-0.3, -0.25) is 4.79 Å². The second kappa shape index (κ2) is 6.57. The Kier molecular flexibility index (Phi) is 4.10. The van der Waals surface area contributed by atoms with E-state index in [1.54, 1.807) is 35.1 Å². The lowest BCUT2D eigenvalue weighted by molar-refractivity contribution is 0.102. The Labute approximate surface area is 154 Å². The zero-order valence-corrected chi connectivity index (χ0v) is 14.6. The summed E-state index contributed by atoms with van der Waals surface area (Å²) in [5.74, 6) is -0.205. The first-order valence-corrected chi connectivity index (χ1v) is 8.34. The molecular formula is C19H14ClN5O. The number of hydrogen-bond donors (Lipinski definition) is 1. The maximum atomic E-state index is 12.5. The van der Waals surface area contributed by atoms with Gasteiger partial charge in [-0.05, 0) is 61.0 Å². The van der Waals surface area contributed by atoms with Gasteiger partial charge in [0.2, 0.25) is 0 Å². The van der Waals surface area contributed by atoms with Gasteiger partial charge in [-0.15, -0.1) is 5.10 Å². The summed E-state index contributed by atoms with van der Waals surface area (Å²) in [5.41, 5.74) is 4.22. The number of aromatic nitrogens is 4. The quantitative estimate of drug-likeness (QED) is 0.596. The molecule has 0 fully saturated rings. The van der Waals surface area contributed by atoms with Crippen LogP contribution in [0.3, 0.4) is 0 Å². The number of rotatable bonds is 3. The molecule has 0 bridgehead atoms. The van der Waals surface area contributed by atoms with Crippen LogP contribution in [0.5, 0.6) is 0 Å². The molecule has 0 radical (unpaired) electrons. The summed E-state index contributed by atoms with van der Waals surface area (Å²) in [6, 6.07) is 16.2. The predicted molar refractivity (Wildman–Crippen MR) is 101 cm³/mol. The SMILES string of the molecule is Cc1c(Cl)cccc1NC(=O)c1ccc(-n2nnc3cccnc32)cc1. The Hall–Kier alpha value is -3.25. The largest absolute Gasteiger partial charge is 0.322 e. The van der Waals surface area contributed by atoms with E-state index < -0.39 is 0 Å². The normalized spacial score (nSPS) is 10.8. The lowest BCUT2D eigenvalue weighted by atomic mass is 10.1. The number of carbonyl (C=O) groups excluding carboxylic acids is 1. The van der Waals surface area contributed by atoms with E-state index in [-0.39, 0.29) is 5.91 Å². The fourth-order valence-electron chi connectivity index (χ4n) is 2.63. The number of fused-ring (bicyclic) bond motifs is 1. The summed E-state index contributed by atoms with van der Waals surface area (Å²) in [7, 11) is 0. The molecule has 2 aromatic heterocycles. The van der Waals surface area contributed by atoms with Crippen molar-refractivity contribution in [3.63, 3.8) is 0 Å². The average Bonchev–Trinajstić information content (AvgIpc) is 3.10. The third-order valence-electron chi connectivity index (χ3n) is 4.10. The number of halogens is 1. The van der Waals surface area contributed by atoms with Crippen LogP contribution in [0, 0.1) is 6.92 Å². The Morgan fingerprint density at radius 1 is 1.08 bits per heavy atom. The Balaban J connectivity index is 1.59. The molecule has 4 rings (SSSR count). The molecule has 0 aliphatic rings. The van der Waals surface area contributed by atoms with Gasteiger partial charge in [0, 0.05) is 22.5 Å². The van der Waals surface area contributed by atoms with Gasteiger partial charge in [0.25, 0.3) is 5.91 Å². The summed E-state index contributed by atoms with van der Waals surface area (Å²) >= 11 is 6.10. The molecule has 0 saturated heterocycles. The molecule has 0 saturated carbocycles. The van der Waals surface area contributed by atoms with Crippen LogP contribution in [0.1, 0.15) is 15.9 Å². The second-order valence-corrected chi connectivity index (χ2v) is 6.17. The zero-order chi connectivity index (χ0) is 18.1. The zero-order valence-electron chi connectivity index (χ0n) is 13.8. The standard InChI is InChI=1S/C19H14ClN5O/c1-12-15(20)4-2-5-16(12)22-19(26)13-7-9-14(10-8-13)25-18-17(23-24-25)6-3-11-21-18/h2-11H,1H3,(H,22,26). The minimum Gasteiger partial charge on any atom is -0.322 e. The number of amides is 1. The predicted octanol–water partition coefficient (Wildman–Crippen LogP) is 4.03. The molecule has 1 amide bonds. The minimum atomic E-state index is -0.205. The van der Waals surface area contributed by atoms with Crippen molar-refractivity contribution in [2.75, 3.05) is 5.32 Å². The third kappa shape index (κ3) is 2.91. The number of anilines is 1. The number of pyridine rings is 1. The average molecular weight is 364 g/mol. The molecular weight excluding hydrogens is 350 g/mol. The molecule has 0 aliphatic heterocycles. The van der Waals surface area contributed by atoms with Crippen molar-refractivity contribution in [3.8, 4) is 5.69 Å². The van der Waals surface area contributed by atoms with E-state index in [0.29, 0.717) is 27.4 Å². The summed E-state index contributed by atoms with van der Waals surface area (Å²) in [6.45, 7) is 1.86. The van der Waals surface area contributed by atoms with E-state index in [1.807, 2.05) is 37.3 Å². The minimum absolute atomic E-state index is 0.205. The molecule has 4 aromatic rings. The maximum absolute atomic E-state index is 12.5. The summed E-state index contributed by atoms with van der Waals surface area (Å²) in [4.78, 5) is 16.8. The molecule has 0 aliphatic carbocycles. The van der Waals surface area contributed by atoms with Gasteiger partial charge in [-0.2, -0.15) is 4.68 Å². The number of carbonyl (C=O) groups is 1. The first-order chi connectivity index (χ1) is 12.6. The van der Waals surface area contributed by atoms with E-state index in [2.05, 4.69) is 20.6 Å². The number of hydrogen-bond acceptors (Lipinski definition) is 4. The summed E-state index contributed by atoms with van der Waals surface area (Å²) in [6.07, 6.45) is 1.69. The second-order valence-electron chi connectivity index (χ2n) is 5.76. The highest BCUT2D eigenvalue weighted by molar-refractivity contribution is 6.31. The van der Waals surface area contributed by atoms with Gasteiger partial charge >= 0.3 is 0 Å². The molecule has 7 heteroatoms. The van der Waals surface area contributed by atoms with Crippen molar-refractivity contribution in [2.24, 2.45) is 0 Å². The van der Waals surface area contributed by atoms with Crippen LogP contribution in [0.15, 0.2) is 60.8 Å². The summed E-state index contributed by atoms with van der Waals surface area (Å²) in [5, 5.41) is 11.7. The van der Waals surface area contributed by atoms with Crippen molar-refractivity contribution >= 4 is 34.4 Å². The van der Waals surface area contributed by atoms with Crippen molar-refractivity contribution in [1.82, 2.24) is 20.0 Å². The molecule has 0 atom stereocenters. The smallest absolute Gasteiger partial charge is 0.255 e. The van der Waals surface area contributed by atoms with Gasteiger partial charge in [0.15, 0.2) is 5.65 Å². The van der Waals surface area contributed by atoms with E-state index in [1.165, 1.54) is 0 Å². The van der Waals surface area contributed by atoms with Crippen LogP contribution < -0.4 is 5.32 Å². The van der Waals surface area contributed by atoms with Gasteiger partial charge < -0.3 is 5.32 Å². The van der Waals surface area contributed by atoms with Crippen molar-refractivity contribution in [3.05, 3.63) is 76.9 Å². The molecule has 0 spiro atoms. The highest BCUT2D eigenvalue weighted by Crippen LogP contribution is 2.23. The fourth-order valence-corrected chi connectivity index (χ4v) is 2.80. The number of benzene rings is 2. The van der Waals surface area contributed by atoms with E-state index in [9.17, 15) is 4.79 Å². The lowest BCUT2D eigenvalue weighted by Gasteiger charge is -2.10. The van der Waals surface area contributed by atoms with Gasteiger partial charge in [-0.25, -0.2) is 4.98 Å². The lowest BCUT2D eigenvalue weighted by Crippen LogP contribution is -2.13. The highest BCUT2D eigenvalue weighted by Gasteiger charge is 2.11. The van der Waals surface area contributed by atoms with Crippen LogP contribution in [0.2, 0.25) is 5.02 Å². The third-order valence-corrected chi connectivity index (χ3v) is 4.51. The Morgan fingerprint density at radius 2 is 1.88 bits per heavy atom. The van der Waals surface area contributed by atoms with Crippen molar-refractivity contribution in [2.45, 2.75) is 6.92 Å². The highest BCUT2D eigenvalue weighted by atomic mass is 35.5.